The minimum atomic E-state index is -0.601. The van der Waals surface area contributed by atoms with Gasteiger partial charge in [-0.3, -0.25) is 4.79 Å². The van der Waals surface area contributed by atoms with Gasteiger partial charge in [0.25, 0.3) is 0 Å². The Hall–Kier alpha value is -3.03. The van der Waals surface area contributed by atoms with Gasteiger partial charge in [-0.1, -0.05) is 18.2 Å². The number of hydrogen-bond acceptors (Lipinski definition) is 3. The van der Waals surface area contributed by atoms with Crippen molar-refractivity contribution in [3.8, 4) is 0 Å². The highest BCUT2D eigenvalue weighted by Crippen LogP contribution is 2.34. The molecule has 1 N–H and O–H groups in total. The molecule has 2 fully saturated rings. The molecule has 2 saturated heterocycles. The van der Waals surface area contributed by atoms with E-state index < -0.39 is 11.6 Å². The summed E-state index contributed by atoms with van der Waals surface area (Å²) in [6, 6.07) is 11.4. The number of carbonyl (C=O) groups excluding carboxylic acids is 1. The number of fused-ring (bicyclic) bond motifs is 1. The first kappa shape index (κ1) is 24.7. The Balaban J connectivity index is 1.11. The van der Waals surface area contributed by atoms with Crippen LogP contribution in [0.2, 0.25) is 0 Å². The van der Waals surface area contributed by atoms with Gasteiger partial charge < -0.3 is 9.88 Å². The molecule has 0 atom stereocenters. The highest BCUT2D eigenvalue weighted by atomic mass is 19.1. The number of para-hydroxylation sites is 1. The number of rotatable bonds is 5. The number of halogens is 2. The molecule has 0 unspecified atom stereocenters. The number of H-pyrrole nitrogens is 1. The van der Waals surface area contributed by atoms with Gasteiger partial charge in [0.1, 0.15) is 11.6 Å². The predicted molar refractivity (Wildman–Crippen MR) is 139 cm³/mol. The van der Waals surface area contributed by atoms with Crippen LogP contribution in [0.4, 0.5) is 8.78 Å². The second-order valence-electron chi connectivity index (χ2n) is 10.1. The fourth-order valence-corrected chi connectivity index (χ4v) is 5.65. The van der Waals surface area contributed by atoms with Crippen LogP contribution >= 0.6 is 0 Å². The molecule has 0 aliphatic carbocycles. The summed E-state index contributed by atoms with van der Waals surface area (Å²) in [6.07, 6.45) is 9.18. The average Bonchev–Trinajstić information content (AvgIpc) is 3.34. The van der Waals surface area contributed by atoms with Crippen LogP contribution < -0.4 is 0 Å². The maximum Gasteiger partial charge on any atom is 0.246 e. The molecule has 0 radical (unpaired) electrons. The summed E-state index contributed by atoms with van der Waals surface area (Å²) < 4.78 is 27.5. The Labute approximate surface area is 211 Å². The second-order valence-corrected chi connectivity index (χ2v) is 10.1. The number of amides is 1. The SMILES string of the molecule is Cc1c(F)cc(/C=C/C(=O)N2CCC(N(C)N3CCC(c4c[nH]c5ccccc45)CC3)CC2)cc1F. The summed E-state index contributed by atoms with van der Waals surface area (Å²) in [7, 11) is 2.18. The van der Waals surface area contributed by atoms with E-state index in [1.165, 1.54) is 47.7 Å². The molecule has 7 heteroatoms. The Morgan fingerprint density at radius 3 is 2.39 bits per heavy atom. The minimum Gasteiger partial charge on any atom is -0.361 e. The van der Waals surface area contributed by atoms with Gasteiger partial charge in [0.05, 0.1) is 0 Å². The summed E-state index contributed by atoms with van der Waals surface area (Å²) in [4.78, 5) is 17.9. The topological polar surface area (TPSA) is 42.6 Å². The number of benzene rings is 2. The van der Waals surface area contributed by atoms with Crippen LogP contribution in [-0.2, 0) is 4.79 Å². The van der Waals surface area contributed by atoms with E-state index in [9.17, 15) is 13.6 Å². The lowest BCUT2D eigenvalue weighted by molar-refractivity contribution is -0.129. The number of carbonyl (C=O) groups is 1. The zero-order valence-electron chi connectivity index (χ0n) is 21.0. The van der Waals surface area contributed by atoms with Crippen LogP contribution in [0.1, 0.15) is 48.3 Å². The molecule has 190 valence electrons. The zero-order chi connectivity index (χ0) is 25.2. The van der Waals surface area contributed by atoms with E-state index in [4.69, 9.17) is 0 Å². The van der Waals surface area contributed by atoms with Crippen molar-refractivity contribution < 1.29 is 13.6 Å². The molecule has 2 aliphatic rings. The number of hydrazine groups is 1. The molecule has 5 nitrogen and oxygen atoms in total. The van der Waals surface area contributed by atoms with Crippen molar-refractivity contribution in [1.82, 2.24) is 19.9 Å². The molecule has 2 aromatic carbocycles. The van der Waals surface area contributed by atoms with E-state index in [2.05, 4.69) is 52.5 Å². The Morgan fingerprint density at radius 1 is 1.03 bits per heavy atom. The normalized spacial score (nSPS) is 18.6. The van der Waals surface area contributed by atoms with Crippen LogP contribution in [0.5, 0.6) is 0 Å². The van der Waals surface area contributed by atoms with Crippen LogP contribution in [0.15, 0.2) is 48.7 Å². The minimum absolute atomic E-state index is 0.00754. The third-order valence-electron chi connectivity index (χ3n) is 8.00. The van der Waals surface area contributed by atoms with Gasteiger partial charge in [-0.05, 0) is 73.9 Å². The number of nitrogens with one attached hydrogen (secondary N) is 1. The summed E-state index contributed by atoms with van der Waals surface area (Å²) in [6.45, 7) is 4.83. The van der Waals surface area contributed by atoms with Gasteiger partial charge in [0.15, 0.2) is 0 Å². The lowest BCUT2D eigenvalue weighted by Gasteiger charge is -2.44. The largest absolute Gasteiger partial charge is 0.361 e. The van der Waals surface area contributed by atoms with Crippen LogP contribution in [0.3, 0.4) is 0 Å². The predicted octanol–water partition coefficient (Wildman–Crippen LogP) is 5.49. The van der Waals surface area contributed by atoms with Crippen molar-refractivity contribution in [1.29, 1.82) is 0 Å². The first-order chi connectivity index (χ1) is 17.4. The molecule has 0 saturated carbocycles. The number of hydrogen-bond donors (Lipinski definition) is 1. The molecule has 5 rings (SSSR count). The number of aromatic nitrogens is 1. The third kappa shape index (κ3) is 5.08. The Kier molecular flexibility index (Phi) is 7.21. The maximum atomic E-state index is 13.8. The first-order valence-electron chi connectivity index (χ1n) is 12.9. The lowest BCUT2D eigenvalue weighted by Crippen LogP contribution is -2.53. The first-order valence-corrected chi connectivity index (χ1v) is 12.9. The van der Waals surface area contributed by atoms with Crippen LogP contribution in [-0.4, -0.2) is 65.1 Å². The molecular formula is C29H34F2N4O. The fraction of sp³-hybridized carbons (Fsp3) is 0.414. The van der Waals surface area contributed by atoms with Crippen molar-refractivity contribution in [2.24, 2.45) is 0 Å². The number of likely N-dealkylation sites (tertiary alicyclic amines) is 1. The third-order valence-corrected chi connectivity index (χ3v) is 8.00. The van der Waals surface area contributed by atoms with E-state index in [-0.39, 0.29) is 11.5 Å². The Morgan fingerprint density at radius 2 is 1.69 bits per heavy atom. The van der Waals surface area contributed by atoms with Crippen molar-refractivity contribution in [3.63, 3.8) is 0 Å². The van der Waals surface area contributed by atoms with Crippen molar-refractivity contribution in [2.75, 3.05) is 33.2 Å². The molecule has 1 aromatic heterocycles. The average molecular weight is 493 g/mol. The summed E-state index contributed by atoms with van der Waals surface area (Å²) in [5.74, 6) is -0.738. The molecule has 0 spiro atoms. The lowest BCUT2D eigenvalue weighted by atomic mass is 9.89. The van der Waals surface area contributed by atoms with E-state index in [0.29, 0.717) is 30.6 Å². The van der Waals surface area contributed by atoms with Crippen molar-refractivity contribution >= 4 is 22.9 Å². The highest BCUT2D eigenvalue weighted by Gasteiger charge is 2.30. The molecule has 3 heterocycles. The number of nitrogens with zero attached hydrogens (tertiary/aromatic N) is 3. The molecule has 3 aromatic rings. The van der Waals surface area contributed by atoms with Gasteiger partial charge >= 0.3 is 0 Å². The van der Waals surface area contributed by atoms with Gasteiger partial charge in [0, 0.05) is 68.0 Å². The van der Waals surface area contributed by atoms with Gasteiger partial charge in [0.2, 0.25) is 5.91 Å². The zero-order valence-corrected chi connectivity index (χ0v) is 21.0. The fourth-order valence-electron chi connectivity index (χ4n) is 5.65. The summed E-state index contributed by atoms with van der Waals surface area (Å²) >= 11 is 0. The second kappa shape index (κ2) is 10.5. The van der Waals surface area contributed by atoms with Crippen molar-refractivity contribution in [2.45, 2.75) is 44.6 Å². The maximum absolute atomic E-state index is 13.8. The molecule has 2 aliphatic heterocycles. The molecular weight excluding hydrogens is 458 g/mol. The number of aromatic amines is 1. The van der Waals surface area contributed by atoms with Crippen molar-refractivity contribution in [3.05, 3.63) is 77.0 Å². The highest BCUT2D eigenvalue weighted by molar-refractivity contribution is 5.91. The smallest absolute Gasteiger partial charge is 0.246 e. The molecule has 36 heavy (non-hydrogen) atoms. The van der Waals surface area contributed by atoms with Crippen LogP contribution in [0, 0.1) is 18.6 Å². The standard InChI is InChI=1S/C29H34F2N4O/c1-20-26(30)17-21(18-27(20)31)7-8-29(36)34-13-11-23(12-14-34)33(2)35-15-9-22(10-16-35)25-19-32-28-6-4-3-5-24(25)28/h3-8,17-19,22-23,32H,9-16H2,1-2H3/b8-7+. The van der Waals surface area contributed by atoms with E-state index in [1.54, 1.807) is 0 Å². The monoisotopic (exact) mass is 492 g/mol. The van der Waals surface area contributed by atoms with Gasteiger partial charge in [-0.15, -0.1) is 0 Å². The number of piperidine rings is 2. The molecule has 1 amide bonds. The van der Waals surface area contributed by atoms with Gasteiger partial charge in [-0.25, -0.2) is 18.8 Å². The summed E-state index contributed by atoms with van der Waals surface area (Å²) in [5.41, 5.74) is 2.99. The molecule has 0 bridgehead atoms. The van der Waals surface area contributed by atoms with Gasteiger partial charge in [-0.2, -0.15) is 0 Å². The van der Waals surface area contributed by atoms with E-state index in [0.717, 1.165) is 38.8 Å². The Bertz CT molecular complexity index is 1230. The quantitative estimate of drug-likeness (QED) is 0.480. The van der Waals surface area contributed by atoms with E-state index >= 15 is 0 Å². The van der Waals surface area contributed by atoms with Crippen LogP contribution in [0.25, 0.3) is 17.0 Å². The summed E-state index contributed by atoms with van der Waals surface area (Å²) in [5, 5.41) is 6.20. The van der Waals surface area contributed by atoms with E-state index in [1.807, 2.05) is 4.90 Å².